The molecule has 0 bridgehead atoms. The standard InChI is InChI=1S/C14H7F2NO2/c15-12-3-1-2-10(8-18)14(12)19-11-5-4-9(7-17)13(16)6-11/h1-6,8H. The van der Waals surface area contributed by atoms with Crippen molar-refractivity contribution in [3.63, 3.8) is 0 Å². The second kappa shape index (κ2) is 5.27. The predicted octanol–water partition coefficient (Wildman–Crippen LogP) is 3.44. The Bertz CT molecular complexity index is 678. The summed E-state index contributed by atoms with van der Waals surface area (Å²) >= 11 is 0. The lowest BCUT2D eigenvalue weighted by atomic mass is 10.2. The summed E-state index contributed by atoms with van der Waals surface area (Å²) in [6, 6.07) is 9.03. The van der Waals surface area contributed by atoms with E-state index in [1.165, 1.54) is 24.3 Å². The first kappa shape index (κ1) is 12.7. The Morgan fingerprint density at radius 3 is 2.58 bits per heavy atom. The van der Waals surface area contributed by atoms with Crippen LogP contribution in [-0.2, 0) is 0 Å². The Labute approximate surface area is 107 Å². The van der Waals surface area contributed by atoms with E-state index in [9.17, 15) is 13.6 Å². The van der Waals surface area contributed by atoms with Crippen molar-refractivity contribution in [2.24, 2.45) is 0 Å². The maximum Gasteiger partial charge on any atom is 0.173 e. The fourth-order valence-electron chi connectivity index (χ4n) is 1.49. The summed E-state index contributed by atoms with van der Waals surface area (Å²) in [7, 11) is 0. The van der Waals surface area contributed by atoms with Gasteiger partial charge in [-0.3, -0.25) is 4.79 Å². The Hall–Kier alpha value is -2.74. The number of aldehydes is 1. The highest BCUT2D eigenvalue weighted by Crippen LogP contribution is 2.28. The van der Waals surface area contributed by atoms with Crippen LogP contribution in [0.2, 0.25) is 0 Å². The number of nitrogens with zero attached hydrogens (tertiary/aromatic N) is 1. The highest BCUT2D eigenvalue weighted by molar-refractivity contribution is 5.79. The minimum atomic E-state index is -0.774. The second-order valence-corrected chi connectivity index (χ2v) is 3.63. The number of carbonyl (C=O) groups excluding carboxylic acids is 1. The van der Waals surface area contributed by atoms with Gasteiger partial charge >= 0.3 is 0 Å². The topological polar surface area (TPSA) is 50.1 Å². The van der Waals surface area contributed by atoms with Crippen molar-refractivity contribution >= 4 is 6.29 Å². The molecule has 0 atom stereocenters. The molecular weight excluding hydrogens is 252 g/mol. The monoisotopic (exact) mass is 259 g/mol. The molecule has 3 nitrogen and oxygen atoms in total. The summed E-state index contributed by atoms with van der Waals surface area (Å²) in [6.45, 7) is 0. The van der Waals surface area contributed by atoms with Gasteiger partial charge in [0.15, 0.2) is 17.9 Å². The zero-order valence-electron chi connectivity index (χ0n) is 9.56. The van der Waals surface area contributed by atoms with Crippen LogP contribution >= 0.6 is 0 Å². The number of hydrogen-bond acceptors (Lipinski definition) is 3. The highest BCUT2D eigenvalue weighted by atomic mass is 19.1. The molecule has 0 aliphatic heterocycles. The molecule has 2 aromatic carbocycles. The van der Waals surface area contributed by atoms with Gasteiger partial charge in [-0.2, -0.15) is 5.26 Å². The van der Waals surface area contributed by atoms with E-state index in [2.05, 4.69) is 0 Å². The number of ether oxygens (including phenoxy) is 1. The van der Waals surface area contributed by atoms with Crippen LogP contribution in [0.4, 0.5) is 8.78 Å². The lowest BCUT2D eigenvalue weighted by Crippen LogP contribution is -1.95. The van der Waals surface area contributed by atoms with Gasteiger partial charge in [0.05, 0.1) is 11.1 Å². The summed E-state index contributed by atoms with van der Waals surface area (Å²) in [5.74, 6) is -1.77. The van der Waals surface area contributed by atoms with Crippen molar-refractivity contribution in [2.45, 2.75) is 0 Å². The van der Waals surface area contributed by atoms with E-state index in [1.807, 2.05) is 0 Å². The first-order chi connectivity index (χ1) is 9.15. The minimum Gasteiger partial charge on any atom is -0.453 e. The molecule has 0 N–H and O–H groups in total. The number of nitriles is 1. The first-order valence-corrected chi connectivity index (χ1v) is 5.27. The van der Waals surface area contributed by atoms with E-state index < -0.39 is 11.6 Å². The predicted molar refractivity (Wildman–Crippen MR) is 63.0 cm³/mol. The number of halogens is 2. The lowest BCUT2D eigenvalue weighted by Gasteiger charge is -2.09. The van der Waals surface area contributed by atoms with Gasteiger partial charge in [0.1, 0.15) is 17.6 Å². The zero-order chi connectivity index (χ0) is 13.8. The van der Waals surface area contributed by atoms with Crippen molar-refractivity contribution in [3.05, 3.63) is 59.2 Å². The fraction of sp³-hybridized carbons (Fsp3) is 0. The number of benzene rings is 2. The summed E-state index contributed by atoms with van der Waals surface area (Å²) in [6.07, 6.45) is 0.443. The van der Waals surface area contributed by atoms with Crippen LogP contribution in [0, 0.1) is 23.0 Å². The summed E-state index contributed by atoms with van der Waals surface area (Å²) in [4.78, 5) is 10.8. The molecule has 19 heavy (non-hydrogen) atoms. The normalized spacial score (nSPS) is 9.74. The molecule has 2 aromatic rings. The molecule has 0 aliphatic carbocycles. The third-order valence-corrected chi connectivity index (χ3v) is 2.41. The largest absolute Gasteiger partial charge is 0.453 e. The molecule has 0 saturated heterocycles. The van der Waals surface area contributed by atoms with E-state index >= 15 is 0 Å². The van der Waals surface area contributed by atoms with E-state index in [-0.39, 0.29) is 22.6 Å². The molecule has 0 aliphatic rings. The van der Waals surface area contributed by atoms with Crippen LogP contribution in [0.5, 0.6) is 11.5 Å². The quantitative estimate of drug-likeness (QED) is 0.793. The maximum atomic E-state index is 13.5. The van der Waals surface area contributed by atoms with Gasteiger partial charge in [0.25, 0.3) is 0 Å². The van der Waals surface area contributed by atoms with Gasteiger partial charge in [0, 0.05) is 6.07 Å². The van der Waals surface area contributed by atoms with Crippen molar-refractivity contribution in [2.75, 3.05) is 0 Å². The summed E-state index contributed by atoms with van der Waals surface area (Å²) in [5.41, 5.74) is -0.124. The molecule has 0 heterocycles. The number of hydrogen-bond donors (Lipinski definition) is 0. The van der Waals surface area contributed by atoms with E-state index in [0.717, 1.165) is 12.1 Å². The smallest absolute Gasteiger partial charge is 0.173 e. The van der Waals surface area contributed by atoms with Crippen LogP contribution < -0.4 is 4.74 Å². The van der Waals surface area contributed by atoms with Gasteiger partial charge in [0.2, 0.25) is 0 Å². The highest BCUT2D eigenvalue weighted by Gasteiger charge is 2.11. The average Bonchev–Trinajstić information content (AvgIpc) is 2.41. The third kappa shape index (κ3) is 2.58. The Balaban J connectivity index is 2.39. The van der Waals surface area contributed by atoms with E-state index in [0.29, 0.717) is 6.29 Å². The van der Waals surface area contributed by atoms with Crippen molar-refractivity contribution < 1.29 is 18.3 Å². The zero-order valence-corrected chi connectivity index (χ0v) is 9.56. The number of carbonyl (C=O) groups is 1. The van der Waals surface area contributed by atoms with Gasteiger partial charge in [-0.25, -0.2) is 8.78 Å². The SMILES string of the molecule is N#Cc1ccc(Oc2c(F)cccc2C=O)cc1F. The van der Waals surface area contributed by atoms with Crippen LogP contribution in [0.25, 0.3) is 0 Å². The molecule has 0 saturated carbocycles. The van der Waals surface area contributed by atoms with Gasteiger partial charge in [-0.05, 0) is 24.3 Å². The Kier molecular flexibility index (Phi) is 3.53. The van der Waals surface area contributed by atoms with Crippen molar-refractivity contribution in [1.82, 2.24) is 0 Å². The van der Waals surface area contributed by atoms with Crippen LogP contribution in [-0.4, -0.2) is 6.29 Å². The van der Waals surface area contributed by atoms with Crippen LogP contribution in [0.3, 0.4) is 0 Å². The first-order valence-electron chi connectivity index (χ1n) is 5.27. The molecular formula is C14H7F2NO2. The Morgan fingerprint density at radius 1 is 1.16 bits per heavy atom. The second-order valence-electron chi connectivity index (χ2n) is 3.63. The van der Waals surface area contributed by atoms with Crippen molar-refractivity contribution in [3.8, 4) is 17.6 Å². The van der Waals surface area contributed by atoms with Gasteiger partial charge in [-0.1, -0.05) is 6.07 Å². The maximum absolute atomic E-state index is 13.5. The van der Waals surface area contributed by atoms with E-state index in [1.54, 1.807) is 6.07 Å². The van der Waals surface area contributed by atoms with E-state index in [4.69, 9.17) is 10.00 Å². The van der Waals surface area contributed by atoms with Gasteiger partial charge < -0.3 is 4.74 Å². The molecule has 0 aromatic heterocycles. The molecule has 0 fully saturated rings. The number of rotatable bonds is 3. The van der Waals surface area contributed by atoms with Crippen LogP contribution in [0.1, 0.15) is 15.9 Å². The van der Waals surface area contributed by atoms with Gasteiger partial charge in [-0.15, -0.1) is 0 Å². The van der Waals surface area contributed by atoms with Crippen molar-refractivity contribution in [1.29, 1.82) is 5.26 Å². The number of para-hydroxylation sites is 1. The minimum absolute atomic E-state index is 0.00435. The molecule has 0 radical (unpaired) electrons. The molecule has 0 amide bonds. The third-order valence-electron chi connectivity index (χ3n) is 2.41. The molecule has 0 unspecified atom stereocenters. The molecule has 94 valence electrons. The molecule has 5 heteroatoms. The molecule has 0 spiro atoms. The average molecular weight is 259 g/mol. The molecule has 2 rings (SSSR count). The lowest BCUT2D eigenvalue weighted by molar-refractivity contribution is 0.112. The summed E-state index contributed by atoms with van der Waals surface area (Å²) < 4.78 is 32.1. The van der Waals surface area contributed by atoms with Crippen LogP contribution in [0.15, 0.2) is 36.4 Å². The summed E-state index contributed by atoms with van der Waals surface area (Å²) in [5, 5.41) is 8.59. The fourth-order valence-corrected chi connectivity index (χ4v) is 1.49. The Morgan fingerprint density at radius 2 is 1.95 bits per heavy atom.